The molecule has 2 heteroatoms. The zero-order chi connectivity index (χ0) is 6.27. The molecule has 1 saturated heterocycles. The summed E-state index contributed by atoms with van der Waals surface area (Å²) >= 11 is 0. The first-order valence-electron chi connectivity index (χ1n) is 3.53. The van der Waals surface area contributed by atoms with Crippen molar-refractivity contribution >= 4 is 0 Å². The summed E-state index contributed by atoms with van der Waals surface area (Å²) in [4.78, 5) is 0. The molecular formula is C7H10N2. The molecule has 1 heterocycles. The van der Waals surface area contributed by atoms with Crippen LogP contribution in [0.4, 0.5) is 0 Å². The van der Waals surface area contributed by atoms with Crippen LogP contribution in [0.3, 0.4) is 0 Å². The quantitative estimate of drug-likeness (QED) is 0.508. The minimum atomic E-state index is 0.372. The summed E-state index contributed by atoms with van der Waals surface area (Å²) in [6.45, 7) is 1.09. The highest BCUT2D eigenvalue weighted by Crippen LogP contribution is 2.35. The van der Waals surface area contributed by atoms with Crippen LogP contribution in [0.25, 0.3) is 0 Å². The molecule has 1 N–H and O–H groups in total. The van der Waals surface area contributed by atoms with Crippen molar-refractivity contribution in [2.75, 3.05) is 6.54 Å². The Hall–Kier alpha value is -0.550. The van der Waals surface area contributed by atoms with Crippen LogP contribution in [-0.2, 0) is 0 Å². The molecule has 2 bridgehead atoms. The highest BCUT2D eigenvalue weighted by atomic mass is 15.0. The number of rotatable bonds is 0. The number of nitriles is 1. The Bertz CT molecular complexity index is 159. The SMILES string of the molecule is N#C[C@H]1C[C@H]2C[C@@H]1CN2. The van der Waals surface area contributed by atoms with Gasteiger partial charge >= 0.3 is 0 Å². The summed E-state index contributed by atoms with van der Waals surface area (Å²) in [5.41, 5.74) is 0. The Labute approximate surface area is 54.9 Å². The molecule has 48 valence electrons. The molecule has 2 nitrogen and oxygen atoms in total. The molecule has 1 aliphatic carbocycles. The minimum Gasteiger partial charge on any atom is -0.314 e. The standard InChI is InChI=1S/C7H10N2/c8-3-5-1-7-2-6(5)4-9-7/h5-7,9H,1-2,4H2/t5-,6-,7+/m1/s1. The van der Waals surface area contributed by atoms with Crippen molar-refractivity contribution in [3.05, 3.63) is 0 Å². The van der Waals surface area contributed by atoms with Crippen LogP contribution in [0.5, 0.6) is 0 Å². The minimum absolute atomic E-state index is 0.372. The van der Waals surface area contributed by atoms with Crippen molar-refractivity contribution < 1.29 is 0 Å². The van der Waals surface area contributed by atoms with Gasteiger partial charge in [0.15, 0.2) is 0 Å². The molecule has 1 aliphatic heterocycles. The number of fused-ring (bicyclic) bond motifs is 2. The second kappa shape index (κ2) is 1.71. The van der Waals surface area contributed by atoms with Crippen LogP contribution in [0.15, 0.2) is 0 Å². The van der Waals surface area contributed by atoms with Gasteiger partial charge in [-0.1, -0.05) is 0 Å². The molecule has 9 heavy (non-hydrogen) atoms. The van der Waals surface area contributed by atoms with Crippen molar-refractivity contribution in [2.45, 2.75) is 18.9 Å². The van der Waals surface area contributed by atoms with E-state index in [1.807, 2.05) is 0 Å². The monoisotopic (exact) mass is 122 g/mol. The van der Waals surface area contributed by atoms with Gasteiger partial charge in [-0.05, 0) is 25.3 Å². The van der Waals surface area contributed by atoms with Crippen molar-refractivity contribution in [3.63, 3.8) is 0 Å². The van der Waals surface area contributed by atoms with E-state index in [9.17, 15) is 0 Å². The van der Waals surface area contributed by atoms with E-state index in [1.165, 1.54) is 6.42 Å². The van der Waals surface area contributed by atoms with E-state index in [4.69, 9.17) is 5.26 Å². The van der Waals surface area contributed by atoms with Gasteiger partial charge < -0.3 is 5.32 Å². The second-order valence-corrected chi connectivity index (χ2v) is 3.07. The van der Waals surface area contributed by atoms with Crippen LogP contribution in [0.1, 0.15) is 12.8 Å². The zero-order valence-corrected chi connectivity index (χ0v) is 5.30. The average Bonchev–Trinajstić information content (AvgIpc) is 2.45. The molecule has 0 aromatic rings. The van der Waals surface area contributed by atoms with Gasteiger partial charge in [0.1, 0.15) is 0 Å². The number of nitrogens with one attached hydrogen (secondary N) is 1. The average molecular weight is 122 g/mol. The molecule has 0 spiro atoms. The van der Waals surface area contributed by atoms with Gasteiger partial charge in [0.05, 0.1) is 12.0 Å². The normalized spacial score (nSPS) is 47.2. The summed E-state index contributed by atoms with van der Waals surface area (Å²) in [5, 5.41) is 12.0. The van der Waals surface area contributed by atoms with E-state index >= 15 is 0 Å². The molecular weight excluding hydrogens is 112 g/mol. The Morgan fingerprint density at radius 1 is 1.44 bits per heavy atom. The van der Waals surface area contributed by atoms with Crippen LogP contribution in [0.2, 0.25) is 0 Å². The lowest BCUT2D eigenvalue weighted by molar-refractivity contribution is 0.423. The van der Waals surface area contributed by atoms with E-state index < -0.39 is 0 Å². The van der Waals surface area contributed by atoms with Crippen LogP contribution < -0.4 is 5.32 Å². The molecule has 2 rings (SSSR count). The maximum absolute atomic E-state index is 8.61. The largest absolute Gasteiger partial charge is 0.314 e. The third-order valence-electron chi connectivity index (χ3n) is 2.53. The summed E-state index contributed by atoms with van der Waals surface area (Å²) in [6, 6.07) is 3.04. The number of hydrogen-bond donors (Lipinski definition) is 1. The first kappa shape index (κ1) is 5.25. The summed E-state index contributed by atoms with van der Waals surface area (Å²) in [5.74, 6) is 1.05. The second-order valence-electron chi connectivity index (χ2n) is 3.07. The van der Waals surface area contributed by atoms with E-state index in [1.54, 1.807) is 0 Å². The maximum atomic E-state index is 8.61. The van der Waals surface area contributed by atoms with Gasteiger partial charge in [0, 0.05) is 6.04 Å². The molecule has 1 saturated carbocycles. The Morgan fingerprint density at radius 3 is 2.67 bits per heavy atom. The van der Waals surface area contributed by atoms with Gasteiger partial charge in [0.25, 0.3) is 0 Å². The lowest BCUT2D eigenvalue weighted by Gasteiger charge is -2.14. The van der Waals surface area contributed by atoms with E-state index in [2.05, 4.69) is 11.4 Å². The van der Waals surface area contributed by atoms with E-state index in [0.717, 1.165) is 13.0 Å². The molecule has 2 aliphatic rings. The fraction of sp³-hybridized carbons (Fsp3) is 0.857. The van der Waals surface area contributed by atoms with Gasteiger partial charge in [-0.2, -0.15) is 5.26 Å². The summed E-state index contributed by atoms with van der Waals surface area (Å²) in [6.07, 6.45) is 2.35. The number of piperidine rings is 1. The highest BCUT2D eigenvalue weighted by molar-refractivity contribution is 5.03. The van der Waals surface area contributed by atoms with Crippen molar-refractivity contribution in [2.24, 2.45) is 11.8 Å². The molecule has 0 aromatic carbocycles. The van der Waals surface area contributed by atoms with Crippen LogP contribution in [0, 0.1) is 23.2 Å². The first-order chi connectivity index (χ1) is 4.40. The molecule has 0 radical (unpaired) electrons. The zero-order valence-electron chi connectivity index (χ0n) is 5.30. The molecule has 0 amide bonds. The topological polar surface area (TPSA) is 35.8 Å². The summed E-state index contributed by atoms with van der Waals surface area (Å²) < 4.78 is 0. The smallest absolute Gasteiger partial charge is 0.0659 e. The van der Waals surface area contributed by atoms with E-state index in [0.29, 0.717) is 17.9 Å². The van der Waals surface area contributed by atoms with Gasteiger partial charge in [0.2, 0.25) is 0 Å². The maximum Gasteiger partial charge on any atom is 0.0659 e. The third-order valence-corrected chi connectivity index (χ3v) is 2.53. The number of nitrogens with zero attached hydrogens (tertiary/aromatic N) is 1. The van der Waals surface area contributed by atoms with Crippen LogP contribution >= 0.6 is 0 Å². The fourth-order valence-electron chi connectivity index (χ4n) is 1.99. The van der Waals surface area contributed by atoms with Crippen molar-refractivity contribution in [3.8, 4) is 6.07 Å². The van der Waals surface area contributed by atoms with Crippen LogP contribution in [-0.4, -0.2) is 12.6 Å². The third kappa shape index (κ3) is 0.650. The van der Waals surface area contributed by atoms with E-state index in [-0.39, 0.29) is 0 Å². The van der Waals surface area contributed by atoms with Gasteiger partial charge in [-0.15, -0.1) is 0 Å². The van der Waals surface area contributed by atoms with Crippen molar-refractivity contribution in [1.82, 2.24) is 5.32 Å². The first-order valence-corrected chi connectivity index (χ1v) is 3.53. The molecule has 2 fully saturated rings. The molecule has 0 unspecified atom stereocenters. The van der Waals surface area contributed by atoms with Gasteiger partial charge in [-0.25, -0.2) is 0 Å². The summed E-state index contributed by atoms with van der Waals surface area (Å²) in [7, 11) is 0. The van der Waals surface area contributed by atoms with Crippen molar-refractivity contribution in [1.29, 1.82) is 5.26 Å². The lowest BCUT2D eigenvalue weighted by atomic mass is 9.97. The fourth-order valence-corrected chi connectivity index (χ4v) is 1.99. The highest BCUT2D eigenvalue weighted by Gasteiger charge is 2.39. The van der Waals surface area contributed by atoms with Gasteiger partial charge in [-0.3, -0.25) is 0 Å². The predicted molar refractivity (Wildman–Crippen MR) is 33.6 cm³/mol. The Kier molecular flexibility index (Phi) is 1.000. The molecule has 0 aromatic heterocycles. The number of hydrogen-bond acceptors (Lipinski definition) is 2. The Balaban J connectivity index is 2.12. The Morgan fingerprint density at radius 2 is 2.33 bits per heavy atom. The molecule has 3 atom stereocenters. The predicted octanol–water partition coefficient (Wildman–Crippen LogP) is 0.508. The lowest BCUT2D eigenvalue weighted by Crippen LogP contribution is -2.28.